The zero-order valence-corrected chi connectivity index (χ0v) is 17.7. The lowest BCUT2D eigenvalue weighted by atomic mass is 9.99. The van der Waals surface area contributed by atoms with Gasteiger partial charge in [-0.15, -0.1) is 0 Å². The summed E-state index contributed by atoms with van der Waals surface area (Å²) in [5.41, 5.74) is -0.294. The molecule has 0 fully saturated rings. The maximum absolute atomic E-state index is 13.3. The molecule has 19 heavy (non-hydrogen) atoms. The SMILES string of the molecule is C[SiH](C)C(C(C)(C)C)S(=O)(=O)C([SiH](C)C)C(C)(C)C. The Morgan fingerprint density at radius 3 is 1.00 bits per heavy atom. The minimum absolute atomic E-state index is 0.126. The predicted molar refractivity (Wildman–Crippen MR) is 93.2 cm³/mol. The molecule has 0 aromatic heterocycles. The fourth-order valence-corrected chi connectivity index (χ4v) is 17.8. The Hall–Kier alpha value is 0.384. The Labute approximate surface area is 124 Å². The molecule has 0 saturated carbocycles. The molecule has 5 heteroatoms. The van der Waals surface area contributed by atoms with Gasteiger partial charge in [0.1, 0.15) is 0 Å². The van der Waals surface area contributed by atoms with Gasteiger partial charge in [0.25, 0.3) is 0 Å². The molecule has 0 heterocycles. The first-order valence-electron chi connectivity index (χ1n) is 7.36. The maximum Gasteiger partial charge on any atom is 0.151 e. The molecule has 0 aliphatic heterocycles. The van der Waals surface area contributed by atoms with Crippen molar-refractivity contribution in [2.45, 2.75) is 77.5 Å². The summed E-state index contributed by atoms with van der Waals surface area (Å²) in [5.74, 6) is 0. The number of rotatable bonds is 4. The standard InChI is InChI=1S/C14H34O2SSi2/c1-13(2,3)11(18(7)8)17(15,16)12(19(9)10)14(4,5)6/h11-12,18-19H,1-10H3. The van der Waals surface area contributed by atoms with Crippen LogP contribution < -0.4 is 0 Å². The fraction of sp³-hybridized carbons (Fsp3) is 1.00. The molecule has 0 aromatic carbocycles. The smallest absolute Gasteiger partial charge is 0.151 e. The summed E-state index contributed by atoms with van der Waals surface area (Å²) in [7, 11) is -5.59. The van der Waals surface area contributed by atoms with E-state index < -0.39 is 27.4 Å². The van der Waals surface area contributed by atoms with Gasteiger partial charge in [-0.3, -0.25) is 0 Å². The van der Waals surface area contributed by atoms with Gasteiger partial charge in [-0.1, -0.05) is 67.7 Å². The third-order valence-corrected chi connectivity index (χ3v) is 16.4. The van der Waals surface area contributed by atoms with Crippen molar-refractivity contribution in [2.75, 3.05) is 0 Å². The molecule has 0 aliphatic rings. The van der Waals surface area contributed by atoms with Crippen LogP contribution in [0.5, 0.6) is 0 Å². The van der Waals surface area contributed by atoms with E-state index in [4.69, 9.17) is 0 Å². The van der Waals surface area contributed by atoms with Crippen LogP contribution in [0, 0.1) is 10.8 Å². The maximum atomic E-state index is 13.3. The average Bonchev–Trinajstić information content (AvgIpc) is 1.90. The first-order chi connectivity index (χ1) is 8.13. The third kappa shape index (κ3) is 4.71. The molecule has 2 unspecified atom stereocenters. The first kappa shape index (κ1) is 19.4. The molecule has 0 amide bonds. The molecule has 0 aliphatic carbocycles. The van der Waals surface area contributed by atoms with Gasteiger partial charge in [-0.2, -0.15) is 0 Å². The van der Waals surface area contributed by atoms with Gasteiger partial charge >= 0.3 is 0 Å². The Kier molecular flexibility index (Phi) is 6.14. The summed E-state index contributed by atoms with van der Waals surface area (Å²) in [6.45, 7) is 21.2. The van der Waals surface area contributed by atoms with Gasteiger partial charge in [0.05, 0.1) is 27.3 Å². The molecular weight excluding hydrogens is 288 g/mol. The summed E-state index contributed by atoms with van der Waals surface area (Å²) in [6.07, 6.45) is 0. The van der Waals surface area contributed by atoms with Crippen LogP contribution in [-0.2, 0) is 9.84 Å². The average molecular weight is 323 g/mol. The van der Waals surface area contributed by atoms with E-state index in [0.717, 1.165) is 0 Å². The Bertz CT molecular complexity index is 355. The quantitative estimate of drug-likeness (QED) is 0.744. The highest BCUT2D eigenvalue weighted by molar-refractivity contribution is 7.95. The number of sulfone groups is 1. The van der Waals surface area contributed by atoms with Crippen molar-refractivity contribution in [3.8, 4) is 0 Å². The summed E-state index contributed by atoms with van der Waals surface area (Å²) in [5, 5.41) is 0. The molecule has 0 radical (unpaired) electrons. The Morgan fingerprint density at radius 2 is 0.895 bits per heavy atom. The fourth-order valence-electron chi connectivity index (χ4n) is 3.90. The Morgan fingerprint density at radius 1 is 0.684 bits per heavy atom. The van der Waals surface area contributed by atoms with Crippen LogP contribution in [0.1, 0.15) is 41.5 Å². The lowest BCUT2D eigenvalue weighted by molar-refractivity contribution is 0.402. The minimum Gasteiger partial charge on any atom is -0.229 e. The molecule has 0 aromatic rings. The van der Waals surface area contributed by atoms with Crippen LogP contribution in [0.15, 0.2) is 0 Å². The predicted octanol–water partition coefficient (Wildman–Crippen LogP) is 3.28. The van der Waals surface area contributed by atoms with Crippen LogP contribution in [0.2, 0.25) is 26.2 Å². The molecule has 116 valence electrons. The second-order valence-corrected chi connectivity index (χ2v) is 18.1. The molecular formula is C14H34O2SSi2. The van der Waals surface area contributed by atoms with Crippen molar-refractivity contribution in [1.29, 1.82) is 0 Å². The van der Waals surface area contributed by atoms with Gasteiger partial charge in [-0.05, 0) is 10.8 Å². The summed E-state index contributed by atoms with van der Waals surface area (Å²) in [4.78, 5) is -0.252. The van der Waals surface area contributed by atoms with Gasteiger partial charge in [0, 0.05) is 0 Å². The van der Waals surface area contributed by atoms with Crippen LogP contribution in [0.4, 0.5) is 0 Å². The minimum atomic E-state index is -3.05. The van der Waals surface area contributed by atoms with E-state index in [9.17, 15) is 8.42 Å². The van der Waals surface area contributed by atoms with Crippen molar-refractivity contribution in [3.63, 3.8) is 0 Å². The molecule has 2 nitrogen and oxygen atoms in total. The first-order valence-corrected chi connectivity index (χ1v) is 14.9. The normalized spacial score (nSPS) is 17.9. The topological polar surface area (TPSA) is 34.1 Å². The summed E-state index contributed by atoms with van der Waals surface area (Å²) >= 11 is 0. The third-order valence-electron chi connectivity index (χ3n) is 3.63. The largest absolute Gasteiger partial charge is 0.229 e. The van der Waals surface area contributed by atoms with E-state index in [0.29, 0.717) is 0 Å². The van der Waals surface area contributed by atoms with Crippen molar-refractivity contribution in [2.24, 2.45) is 10.8 Å². The second kappa shape index (κ2) is 6.02. The lowest BCUT2D eigenvalue weighted by Crippen LogP contribution is -2.55. The van der Waals surface area contributed by atoms with Crippen molar-refractivity contribution >= 4 is 27.4 Å². The van der Waals surface area contributed by atoms with Gasteiger partial charge < -0.3 is 0 Å². The van der Waals surface area contributed by atoms with E-state index in [2.05, 4.69) is 67.7 Å². The van der Waals surface area contributed by atoms with Crippen molar-refractivity contribution < 1.29 is 8.42 Å². The summed E-state index contributed by atoms with van der Waals surface area (Å²) < 4.78 is 26.6. The summed E-state index contributed by atoms with van der Waals surface area (Å²) in [6, 6.07) is 0. The second-order valence-electron chi connectivity index (χ2n) is 8.65. The highest BCUT2D eigenvalue weighted by atomic mass is 32.2. The van der Waals surface area contributed by atoms with Crippen LogP contribution in [0.3, 0.4) is 0 Å². The van der Waals surface area contributed by atoms with Gasteiger partial charge in [-0.25, -0.2) is 8.42 Å². The zero-order chi connectivity index (χ0) is 15.8. The molecule has 0 saturated heterocycles. The van der Waals surface area contributed by atoms with E-state index in [1.807, 2.05) is 0 Å². The van der Waals surface area contributed by atoms with Crippen LogP contribution in [-0.4, -0.2) is 35.8 Å². The molecule has 0 rings (SSSR count). The van der Waals surface area contributed by atoms with E-state index >= 15 is 0 Å². The van der Waals surface area contributed by atoms with E-state index in [1.54, 1.807) is 0 Å². The van der Waals surface area contributed by atoms with Crippen LogP contribution in [0.25, 0.3) is 0 Å². The zero-order valence-electron chi connectivity index (χ0n) is 14.5. The van der Waals surface area contributed by atoms with Crippen molar-refractivity contribution in [3.05, 3.63) is 0 Å². The Balaban J connectivity index is 5.92. The van der Waals surface area contributed by atoms with Gasteiger partial charge in [0.2, 0.25) is 0 Å². The number of hydrogen-bond acceptors (Lipinski definition) is 2. The van der Waals surface area contributed by atoms with Crippen molar-refractivity contribution in [1.82, 2.24) is 0 Å². The van der Waals surface area contributed by atoms with E-state index in [1.165, 1.54) is 0 Å². The molecule has 2 atom stereocenters. The molecule has 0 bridgehead atoms. The van der Waals surface area contributed by atoms with Crippen LogP contribution >= 0.6 is 0 Å². The highest BCUT2D eigenvalue weighted by Crippen LogP contribution is 2.37. The van der Waals surface area contributed by atoms with Gasteiger partial charge in [0.15, 0.2) is 9.84 Å². The monoisotopic (exact) mass is 322 g/mol. The highest BCUT2D eigenvalue weighted by Gasteiger charge is 2.48. The lowest BCUT2D eigenvalue weighted by Gasteiger charge is -2.41. The molecule has 0 N–H and O–H groups in total. The molecule has 0 spiro atoms. The van der Waals surface area contributed by atoms with E-state index in [-0.39, 0.29) is 20.6 Å². The number of hydrogen-bond donors (Lipinski definition) is 0.